The first kappa shape index (κ1) is 13.4. The molecular formula is C15H20ClNO. The van der Waals surface area contributed by atoms with Crippen LogP contribution in [0.1, 0.15) is 49.0 Å². The van der Waals surface area contributed by atoms with Crippen molar-refractivity contribution >= 4 is 17.5 Å². The molecule has 3 heteroatoms. The fourth-order valence-corrected chi connectivity index (χ4v) is 2.85. The molecule has 0 aliphatic heterocycles. The topological polar surface area (TPSA) is 29.1 Å². The van der Waals surface area contributed by atoms with Crippen molar-refractivity contribution in [2.24, 2.45) is 5.41 Å². The molecule has 1 amide bonds. The van der Waals surface area contributed by atoms with E-state index in [2.05, 4.69) is 19.2 Å². The smallest absolute Gasteiger partial charge is 0.251 e. The molecule has 0 saturated heterocycles. The molecule has 1 N–H and O–H groups in total. The zero-order valence-corrected chi connectivity index (χ0v) is 12.0. The summed E-state index contributed by atoms with van der Waals surface area (Å²) in [6.45, 7) is 6.39. The van der Waals surface area contributed by atoms with Gasteiger partial charge < -0.3 is 5.32 Å². The Balaban J connectivity index is 2.07. The van der Waals surface area contributed by atoms with Crippen molar-refractivity contribution in [3.05, 3.63) is 34.3 Å². The molecule has 0 heterocycles. The van der Waals surface area contributed by atoms with E-state index in [9.17, 15) is 4.79 Å². The summed E-state index contributed by atoms with van der Waals surface area (Å²) in [5, 5.41) is 3.77. The van der Waals surface area contributed by atoms with Crippen LogP contribution >= 0.6 is 11.6 Å². The highest BCUT2D eigenvalue weighted by molar-refractivity contribution is 6.31. The molecule has 0 spiro atoms. The largest absolute Gasteiger partial charge is 0.349 e. The average molecular weight is 266 g/mol. The number of halogens is 1. The van der Waals surface area contributed by atoms with Gasteiger partial charge in [-0.1, -0.05) is 31.5 Å². The molecular weight excluding hydrogens is 246 g/mol. The maximum Gasteiger partial charge on any atom is 0.251 e. The minimum Gasteiger partial charge on any atom is -0.349 e. The number of hydrogen-bond donors (Lipinski definition) is 1. The molecule has 1 fully saturated rings. The molecule has 0 radical (unpaired) electrons. The Bertz CT molecular complexity index is 468. The van der Waals surface area contributed by atoms with Crippen LogP contribution in [0.4, 0.5) is 0 Å². The lowest BCUT2D eigenvalue weighted by atomic mass is 9.92. The standard InChI is InChI=1S/C15H20ClNO/c1-10-12(5-4-6-13(10)16)14(18)17-11-7-8-15(2,3)9-11/h4-6,11H,7-9H2,1-3H3,(H,17,18). The molecule has 1 aromatic rings. The third kappa shape index (κ3) is 2.86. The molecule has 2 nitrogen and oxygen atoms in total. The first-order valence-corrected chi connectivity index (χ1v) is 6.83. The van der Waals surface area contributed by atoms with Gasteiger partial charge in [-0.3, -0.25) is 4.79 Å². The third-order valence-electron chi connectivity index (χ3n) is 3.82. The number of rotatable bonds is 2. The van der Waals surface area contributed by atoms with Crippen LogP contribution in [0.3, 0.4) is 0 Å². The zero-order valence-electron chi connectivity index (χ0n) is 11.2. The molecule has 0 bridgehead atoms. The van der Waals surface area contributed by atoms with Crippen molar-refractivity contribution in [3.63, 3.8) is 0 Å². The van der Waals surface area contributed by atoms with Gasteiger partial charge in [-0.25, -0.2) is 0 Å². The van der Waals surface area contributed by atoms with E-state index in [4.69, 9.17) is 11.6 Å². The van der Waals surface area contributed by atoms with Crippen LogP contribution in [0.25, 0.3) is 0 Å². The average Bonchev–Trinajstić information content (AvgIpc) is 2.62. The maximum atomic E-state index is 12.2. The number of nitrogens with one attached hydrogen (secondary N) is 1. The van der Waals surface area contributed by atoms with Crippen LogP contribution in [0, 0.1) is 12.3 Å². The Hall–Kier alpha value is -1.02. The first-order chi connectivity index (χ1) is 8.39. The Labute approximate surface area is 114 Å². The highest BCUT2D eigenvalue weighted by Gasteiger charge is 2.31. The number of hydrogen-bond acceptors (Lipinski definition) is 1. The maximum absolute atomic E-state index is 12.2. The van der Waals surface area contributed by atoms with Gasteiger partial charge in [0, 0.05) is 16.6 Å². The molecule has 0 aromatic heterocycles. The van der Waals surface area contributed by atoms with E-state index in [1.165, 1.54) is 6.42 Å². The summed E-state index contributed by atoms with van der Waals surface area (Å²) in [6, 6.07) is 5.76. The summed E-state index contributed by atoms with van der Waals surface area (Å²) in [5.74, 6) is -0.00213. The summed E-state index contributed by atoms with van der Waals surface area (Å²) in [6.07, 6.45) is 3.29. The van der Waals surface area contributed by atoms with Crippen molar-refractivity contribution in [3.8, 4) is 0 Å². The zero-order chi connectivity index (χ0) is 13.3. The SMILES string of the molecule is Cc1c(Cl)cccc1C(=O)NC1CCC(C)(C)C1. The molecule has 1 aromatic carbocycles. The van der Waals surface area contributed by atoms with Gasteiger partial charge in [0.05, 0.1) is 0 Å². The quantitative estimate of drug-likeness (QED) is 0.862. The molecule has 2 rings (SSSR count). The van der Waals surface area contributed by atoms with E-state index in [-0.39, 0.29) is 5.91 Å². The Morgan fingerprint density at radius 3 is 2.78 bits per heavy atom. The van der Waals surface area contributed by atoms with Crippen LogP contribution in [0.5, 0.6) is 0 Å². The van der Waals surface area contributed by atoms with Gasteiger partial charge in [0.15, 0.2) is 0 Å². The number of carbonyl (C=O) groups excluding carboxylic acids is 1. The lowest BCUT2D eigenvalue weighted by molar-refractivity contribution is 0.0935. The van der Waals surface area contributed by atoms with E-state index < -0.39 is 0 Å². The fourth-order valence-electron chi connectivity index (χ4n) is 2.68. The van der Waals surface area contributed by atoms with Crippen LogP contribution in [0.15, 0.2) is 18.2 Å². The highest BCUT2D eigenvalue weighted by Crippen LogP contribution is 2.37. The fraction of sp³-hybridized carbons (Fsp3) is 0.533. The summed E-state index contributed by atoms with van der Waals surface area (Å²) >= 11 is 6.04. The predicted molar refractivity (Wildman–Crippen MR) is 75.1 cm³/mol. The summed E-state index contributed by atoms with van der Waals surface area (Å²) < 4.78 is 0. The minimum absolute atomic E-state index is 0.00213. The second-order valence-electron chi connectivity index (χ2n) is 5.99. The lowest BCUT2D eigenvalue weighted by Gasteiger charge is -2.18. The van der Waals surface area contributed by atoms with Crippen LogP contribution < -0.4 is 5.32 Å². The minimum atomic E-state index is -0.00213. The first-order valence-electron chi connectivity index (χ1n) is 6.45. The van der Waals surface area contributed by atoms with Gasteiger partial charge >= 0.3 is 0 Å². The van der Waals surface area contributed by atoms with Crippen LogP contribution in [-0.2, 0) is 0 Å². The summed E-state index contributed by atoms with van der Waals surface area (Å²) in [5.41, 5.74) is 1.89. The lowest BCUT2D eigenvalue weighted by Crippen LogP contribution is -2.33. The monoisotopic (exact) mass is 265 g/mol. The molecule has 18 heavy (non-hydrogen) atoms. The van der Waals surface area contributed by atoms with Gasteiger partial charge in [-0.05, 0) is 49.3 Å². The highest BCUT2D eigenvalue weighted by atomic mass is 35.5. The Kier molecular flexibility index (Phi) is 3.67. The predicted octanol–water partition coefficient (Wildman–Crippen LogP) is 3.96. The second-order valence-corrected chi connectivity index (χ2v) is 6.40. The number of carbonyl (C=O) groups is 1. The van der Waals surface area contributed by atoms with Gasteiger partial charge in [-0.2, -0.15) is 0 Å². The summed E-state index contributed by atoms with van der Waals surface area (Å²) in [4.78, 5) is 12.2. The Morgan fingerprint density at radius 2 is 2.17 bits per heavy atom. The van der Waals surface area contributed by atoms with Gasteiger partial charge in [0.25, 0.3) is 5.91 Å². The van der Waals surface area contributed by atoms with Crippen molar-refractivity contribution in [1.29, 1.82) is 0 Å². The van der Waals surface area contributed by atoms with E-state index in [0.29, 0.717) is 22.0 Å². The summed E-state index contributed by atoms with van der Waals surface area (Å²) in [7, 11) is 0. The van der Waals surface area contributed by atoms with E-state index >= 15 is 0 Å². The number of benzene rings is 1. The molecule has 1 atom stereocenters. The third-order valence-corrected chi connectivity index (χ3v) is 4.23. The van der Waals surface area contributed by atoms with Gasteiger partial charge in [-0.15, -0.1) is 0 Å². The van der Waals surface area contributed by atoms with E-state index in [0.717, 1.165) is 18.4 Å². The second kappa shape index (κ2) is 4.93. The molecule has 1 aliphatic carbocycles. The van der Waals surface area contributed by atoms with Crippen LogP contribution in [-0.4, -0.2) is 11.9 Å². The van der Waals surface area contributed by atoms with Crippen molar-refractivity contribution in [1.82, 2.24) is 5.32 Å². The van der Waals surface area contributed by atoms with E-state index in [1.807, 2.05) is 25.1 Å². The van der Waals surface area contributed by atoms with Crippen molar-refractivity contribution in [2.45, 2.75) is 46.1 Å². The molecule has 1 saturated carbocycles. The van der Waals surface area contributed by atoms with Gasteiger partial charge in [0.1, 0.15) is 0 Å². The van der Waals surface area contributed by atoms with Crippen LogP contribution in [0.2, 0.25) is 5.02 Å². The molecule has 1 aliphatic rings. The molecule has 1 unspecified atom stereocenters. The van der Waals surface area contributed by atoms with Crippen molar-refractivity contribution in [2.75, 3.05) is 0 Å². The normalized spacial score (nSPS) is 21.9. The molecule has 98 valence electrons. The van der Waals surface area contributed by atoms with Gasteiger partial charge in [0.2, 0.25) is 0 Å². The number of amides is 1. The Morgan fingerprint density at radius 1 is 1.44 bits per heavy atom. The van der Waals surface area contributed by atoms with E-state index in [1.54, 1.807) is 0 Å². The van der Waals surface area contributed by atoms with Crippen molar-refractivity contribution < 1.29 is 4.79 Å².